The summed E-state index contributed by atoms with van der Waals surface area (Å²) in [6.07, 6.45) is 4.16. The highest BCUT2D eigenvalue weighted by atomic mass is 32.2. The fourth-order valence-corrected chi connectivity index (χ4v) is 2.71. The van der Waals surface area contributed by atoms with Crippen LogP contribution < -0.4 is 0 Å². The lowest BCUT2D eigenvalue weighted by molar-refractivity contribution is 0.0736. The maximum atomic E-state index is 12.4. The van der Waals surface area contributed by atoms with E-state index < -0.39 is 9.84 Å². The third-order valence-corrected chi connectivity index (χ3v) is 4.82. The van der Waals surface area contributed by atoms with Crippen LogP contribution in [0.25, 0.3) is 0 Å². The number of amides is 1. The number of benzene rings is 1. The molecule has 0 spiro atoms. The molecule has 0 saturated carbocycles. The minimum atomic E-state index is -3.23. The predicted molar refractivity (Wildman–Crippen MR) is 86.8 cm³/mol. The van der Waals surface area contributed by atoms with E-state index in [0.717, 1.165) is 17.5 Å². The molecule has 6 nitrogen and oxygen atoms in total. The van der Waals surface area contributed by atoms with Gasteiger partial charge in [-0.25, -0.2) is 13.4 Å². The smallest absolute Gasteiger partial charge is 0.274 e. The summed E-state index contributed by atoms with van der Waals surface area (Å²) in [5, 5.41) is 0. The fourth-order valence-electron chi connectivity index (χ4n) is 2.08. The minimum Gasteiger partial charge on any atom is -0.334 e. The van der Waals surface area contributed by atoms with Crippen LogP contribution in [-0.2, 0) is 9.84 Å². The molecule has 0 aliphatic carbocycles. The van der Waals surface area contributed by atoms with Crippen molar-refractivity contribution in [3.05, 3.63) is 53.6 Å². The van der Waals surface area contributed by atoms with Gasteiger partial charge in [-0.1, -0.05) is 12.1 Å². The number of carbonyl (C=O) groups is 1. The molecule has 1 aromatic carbocycles. The van der Waals surface area contributed by atoms with E-state index in [1.54, 1.807) is 49.3 Å². The summed E-state index contributed by atoms with van der Waals surface area (Å²) < 4.78 is 23.0. The number of rotatable bonds is 4. The van der Waals surface area contributed by atoms with E-state index in [1.807, 2.05) is 6.92 Å². The zero-order chi connectivity index (χ0) is 17.2. The summed E-state index contributed by atoms with van der Waals surface area (Å²) in [5.74, 6) is -0.239. The molecule has 0 unspecified atom stereocenters. The van der Waals surface area contributed by atoms with Gasteiger partial charge in [0.2, 0.25) is 0 Å². The maximum Gasteiger partial charge on any atom is 0.274 e. The lowest BCUT2D eigenvalue weighted by Gasteiger charge is -2.25. The molecule has 0 fully saturated rings. The van der Waals surface area contributed by atoms with Gasteiger partial charge in [0, 0.05) is 19.5 Å². The summed E-state index contributed by atoms with van der Waals surface area (Å²) in [7, 11) is -1.55. The summed E-state index contributed by atoms with van der Waals surface area (Å²) >= 11 is 0. The number of sulfone groups is 1. The van der Waals surface area contributed by atoms with Crippen molar-refractivity contribution in [3.63, 3.8) is 0 Å². The molecule has 0 aliphatic rings. The first-order chi connectivity index (χ1) is 10.7. The first kappa shape index (κ1) is 17.1. The zero-order valence-electron chi connectivity index (χ0n) is 13.5. The molecule has 23 heavy (non-hydrogen) atoms. The molecule has 1 amide bonds. The van der Waals surface area contributed by atoms with Crippen molar-refractivity contribution in [1.29, 1.82) is 0 Å². The van der Waals surface area contributed by atoms with Crippen LogP contribution in [0.1, 0.15) is 34.7 Å². The van der Waals surface area contributed by atoms with Crippen LogP contribution in [0.5, 0.6) is 0 Å². The number of nitrogens with zero attached hydrogens (tertiary/aromatic N) is 3. The Balaban J connectivity index is 2.20. The van der Waals surface area contributed by atoms with Crippen LogP contribution in [-0.4, -0.2) is 42.5 Å². The van der Waals surface area contributed by atoms with Crippen LogP contribution >= 0.6 is 0 Å². The lowest BCUT2D eigenvalue weighted by atomic mass is 10.1. The third-order valence-electron chi connectivity index (χ3n) is 3.69. The van der Waals surface area contributed by atoms with Gasteiger partial charge in [-0.3, -0.25) is 9.78 Å². The molecule has 0 bridgehead atoms. The fraction of sp³-hybridized carbons (Fsp3) is 0.312. The van der Waals surface area contributed by atoms with E-state index in [1.165, 1.54) is 6.20 Å². The summed E-state index contributed by atoms with van der Waals surface area (Å²) in [6, 6.07) is 6.30. The number of hydrogen-bond acceptors (Lipinski definition) is 5. The Bertz CT molecular complexity index is 799. The Kier molecular flexibility index (Phi) is 4.79. The van der Waals surface area contributed by atoms with Gasteiger partial charge in [0.05, 0.1) is 22.8 Å². The van der Waals surface area contributed by atoms with E-state index in [2.05, 4.69) is 9.97 Å². The second kappa shape index (κ2) is 6.45. The molecule has 2 rings (SSSR count). The monoisotopic (exact) mass is 333 g/mol. The molecule has 0 radical (unpaired) electrons. The van der Waals surface area contributed by atoms with Gasteiger partial charge in [0.25, 0.3) is 5.91 Å². The number of hydrogen-bond donors (Lipinski definition) is 0. The highest BCUT2D eigenvalue weighted by Crippen LogP contribution is 2.22. The van der Waals surface area contributed by atoms with Crippen molar-refractivity contribution in [3.8, 4) is 0 Å². The SMILES string of the molecule is Cc1cnc(C(=O)N(C)[C@@H](C)c2ccc(S(C)(=O)=O)cc2)cn1. The molecule has 1 atom stereocenters. The highest BCUT2D eigenvalue weighted by molar-refractivity contribution is 7.90. The molecule has 7 heteroatoms. The van der Waals surface area contributed by atoms with Crippen molar-refractivity contribution in [1.82, 2.24) is 14.9 Å². The summed E-state index contributed by atoms with van der Waals surface area (Å²) in [4.78, 5) is 22.4. The quantitative estimate of drug-likeness (QED) is 0.855. The summed E-state index contributed by atoms with van der Waals surface area (Å²) in [6.45, 7) is 3.67. The van der Waals surface area contributed by atoms with Crippen molar-refractivity contribution in [2.45, 2.75) is 24.8 Å². The van der Waals surface area contributed by atoms with E-state index in [0.29, 0.717) is 0 Å². The van der Waals surface area contributed by atoms with Crippen LogP contribution in [0, 0.1) is 6.92 Å². The van der Waals surface area contributed by atoms with Crippen molar-refractivity contribution >= 4 is 15.7 Å². The molecule has 1 heterocycles. The predicted octanol–water partition coefficient (Wildman–Crippen LogP) is 2.02. The van der Waals surface area contributed by atoms with E-state index >= 15 is 0 Å². The molecule has 122 valence electrons. The van der Waals surface area contributed by atoms with E-state index in [9.17, 15) is 13.2 Å². The molecular formula is C16H19N3O3S. The standard InChI is InChI=1S/C16H19N3O3S/c1-11-9-18-15(10-17-11)16(20)19(3)12(2)13-5-7-14(8-6-13)23(4,21)22/h5-10,12H,1-4H3/t12-/m0/s1. The normalized spacial score (nSPS) is 12.7. The second-order valence-electron chi connectivity index (χ2n) is 5.48. The number of aryl methyl sites for hydroxylation is 1. The van der Waals surface area contributed by atoms with Gasteiger partial charge >= 0.3 is 0 Å². The van der Waals surface area contributed by atoms with Gasteiger partial charge in [-0.2, -0.15) is 0 Å². The van der Waals surface area contributed by atoms with Crippen molar-refractivity contribution in [2.24, 2.45) is 0 Å². The molecule has 2 aromatic rings. The third kappa shape index (κ3) is 3.92. The molecule has 0 N–H and O–H groups in total. The average Bonchev–Trinajstić information content (AvgIpc) is 2.53. The average molecular weight is 333 g/mol. The van der Waals surface area contributed by atoms with E-state index in [4.69, 9.17) is 0 Å². The van der Waals surface area contributed by atoms with Gasteiger partial charge in [0.1, 0.15) is 5.69 Å². The lowest BCUT2D eigenvalue weighted by Crippen LogP contribution is -2.30. The number of aromatic nitrogens is 2. The minimum absolute atomic E-state index is 0.223. The number of carbonyl (C=O) groups excluding carboxylic acids is 1. The Labute approximate surface area is 136 Å². The Morgan fingerprint density at radius 2 is 1.74 bits per heavy atom. The van der Waals surface area contributed by atoms with Gasteiger partial charge in [-0.05, 0) is 31.5 Å². The van der Waals surface area contributed by atoms with Crippen molar-refractivity contribution < 1.29 is 13.2 Å². The van der Waals surface area contributed by atoms with Gasteiger partial charge in [0.15, 0.2) is 9.84 Å². The first-order valence-electron chi connectivity index (χ1n) is 7.06. The van der Waals surface area contributed by atoms with Crippen molar-refractivity contribution in [2.75, 3.05) is 13.3 Å². The van der Waals surface area contributed by atoms with E-state index in [-0.39, 0.29) is 22.5 Å². The maximum absolute atomic E-state index is 12.4. The van der Waals surface area contributed by atoms with Crippen LogP contribution in [0.3, 0.4) is 0 Å². The molecular weight excluding hydrogens is 314 g/mol. The molecule has 1 aromatic heterocycles. The van der Waals surface area contributed by atoms with Gasteiger partial charge < -0.3 is 4.90 Å². The Hall–Kier alpha value is -2.28. The summed E-state index contributed by atoms with van der Waals surface area (Å²) in [5.41, 5.74) is 1.86. The largest absolute Gasteiger partial charge is 0.334 e. The second-order valence-corrected chi connectivity index (χ2v) is 7.49. The molecule has 0 aliphatic heterocycles. The Morgan fingerprint density at radius 1 is 1.13 bits per heavy atom. The highest BCUT2D eigenvalue weighted by Gasteiger charge is 2.20. The van der Waals surface area contributed by atoms with Gasteiger partial charge in [-0.15, -0.1) is 0 Å². The molecule has 0 saturated heterocycles. The van der Waals surface area contributed by atoms with Crippen LogP contribution in [0.2, 0.25) is 0 Å². The van der Waals surface area contributed by atoms with Crippen LogP contribution in [0.15, 0.2) is 41.6 Å². The Morgan fingerprint density at radius 3 is 2.22 bits per heavy atom. The first-order valence-corrected chi connectivity index (χ1v) is 8.95. The topological polar surface area (TPSA) is 80.2 Å². The van der Waals surface area contributed by atoms with Crippen LogP contribution in [0.4, 0.5) is 0 Å². The zero-order valence-corrected chi connectivity index (χ0v) is 14.3.